The molecule has 0 radical (unpaired) electrons. The predicted octanol–water partition coefficient (Wildman–Crippen LogP) is 2.92. The predicted molar refractivity (Wildman–Crippen MR) is 93.3 cm³/mol. The Kier molecular flexibility index (Phi) is 5.16. The molecule has 5 nitrogen and oxygen atoms in total. The van der Waals surface area contributed by atoms with E-state index in [0.29, 0.717) is 13.0 Å². The number of aliphatic carboxylic acids is 1. The zero-order chi connectivity index (χ0) is 17.1. The average Bonchev–Trinajstić information content (AvgIpc) is 2.97. The van der Waals surface area contributed by atoms with Gasteiger partial charge in [0, 0.05) is 17.7 Å². The molecule has 1 fully saturated rings. The summed E-state index contributed by atoms with van der Waals surface area (Å²) in [5, 5.41) is 12.5. The molecule has 1 N–H and O–H groups in total. The summed E-state index contributed by atoms with van der Waals surface area (Å²) in [6.45, 7) is 2.40. The van der Waals surface area contributed by atoms with Crippen LogP contribution in [0.25, 0.3) is 10.1 Å². The fourth-order valence-corrected chi connectivity index (χ4v) is 4.10. The smallest absolute Gasteiger partial charge is 0.334 e. The number of aryl methyl sites for hydroxylation is 1. The van der Waals surface area contributed by atoms with Gasteiger partial charge in [0.2, 0.25) is 5.91 Å². The molecule has 24 heavy (non-hydrogen) atoms. The summed E-state index contributed by atoms with van der Waals surface area (Å²) < 4.78 is 6.62. The van der Waals surface area contributed by atoms with Gasteiger partial charge >= 0.3 is 5.97 Å². The fourth-order valence-electron chi connectivity index (χ4n) is 3.11. The summed E-state index contributed by atoms with van der Waals surface area (Å²) in [7, 11) is 0. The second kappa shape index (κ2) is 7.32. The molecule has 0 bridgehead atoms. The molecule has 0 saturated carbocycles. The van der Waals surface area contributed by atoms with Crippen molar-refractivity contribution in [3.63, 3.8) is 0 Å². The van der Waals surface area contributed by atoms with Crippen molar-refractivity contribution in [2.45, 2.75) is 38.4 Å². The Labute approximate surface area is 144 Å². The van der Waals surface area contributed by atoms with E-state index in [1.807, 2.05) is 12.1 Å². The monoisotopic (exact) mass is 347 g/mol. The lowest BCUT2D eigenvalue weighted by molar-refractivity contribution is -0.166. The van der Waals surface area contributed by atoms with E-state index in [1.54, 1.807) is 23.2 Å². The number of fused-ring (bicyclic) bond motifs is 1. The van der Waals surface area contributed by atoms with Crippen molar-refractivity contribution in [2.75, 3.05) is 13.1 Å². The Hall–Kier alpha value is -1.92. The van der Waals surface area contributed by atoms with Crippen molar-refractivity contribution in [3.05, 3.63) is 35.2 Å². The topological polar surface area (TPSA) is 66.8 Å². The van der Waals surface area contributed by atoms with E-state index in [4.69, 9.17) is 9.84 Å². The summed E-state index contributed by atoms with van der Waals surface area (Å²) in [6, 6.07) is 8.29. The lowest BCUT2D eigenvalue weighted by Crippen LogP contribution is -2.51. The van der Waals surface area contributed by atoms with Crippen LogP contribution in [0, 0.1) is 0 Å². The number of carboxylic acid groups (broad SMARTS) is 1. The highest BCUT2D eigenvalue weighted by atomic mass is 32.1. The number of hydrogen-bond acceptors (Lipinski definition) is 4. The van der Waals surface area contributed by atoms with Crippen LogP contribution in [0.2, 0.25) is 0 Å². The van der Waals surface area contributed by atoms with Crippen LogP contribution in [0.5, 0.6) is 0 Å². The third kappa shape index (κ3) is 3.76. The number of amides is 1. The van der Waals surface area contributed by atoms with Gasteiger partial charge in [-0.2, -0.15) is 0 Å². The van der Waals surface area contributed by atoms with Gasteiger partial charge in [-0.25, -0.2) is 4.79 Å². The maximum Gasteiger partial charge on any atom is 0.334 e. The quantitative estimate of drug-likeness (QED) is 0.903. The summed E-state index contributed by atoms with van der Waals surface area (Å²) in [5.41, 5.74) is 1.28. The summed E-state index contributed by atoms with van der Waals surface area (Å²) in [4.78, 5) is 25.1. The number of ether oxygens (including phenoxy) is 1. The highest BCUT2D eigenvalue weighted by Crippen LogP contribution is 2.27. The highest BCUT2D eigenvalue weighted by Gasteiger charge is 2.32. The van der Waals surface area contributed by atoms with Crippen LogP contribution in [0.3, 0.4) is 0 Å². The van der Waals surface area contributed by atoms with Gasteiger partial charge in [0.05, 0.1) is 12.6 Å². The zero-order valence-electron chi connectivity index (χ0n) is 13.6. The van der Waals surface area contributed by atoms with Gasteiger partial charge in [0.15, 0.2) is 6.10 Å². The molecule has 2 aromatic rings. The molecule has 128 valence electrons. The zero-order valence-corrected chi connectivity index (χ0v) is 14.4. The largest absolute Gasteiger partial charge is 0.479 e. The number of morpholine rings is 1. The highest BCUT2D eigenvalue weighted by molar-refractivity contribution is 7.17. The number of carboxylic acids is 1. The molecule has 1 aliphatic heterocycles. The normalized spacial score (nSPS) is 21.1. The molecular weight excluding hydrogens is 326 g/mol. The maximum atomic E-state index is 12.4. The number of benzene rings is 1. The molecular formula is C18H21NO4S. The van der Waals surface area contributed by atoms with Crippen LogP contribution in [0.15, 0.2) is 29.6 Å². The fraction of sp³-hybridized carbons (Fsp3) is 0.444. The number of hydrogen-bond donors (Lipinski definition) is 1. The summed E-state index contributed by atoms with van der Waals surface area (Å²) in [6.07, 6.45) is 0.896. The van der Waals surface area contributed by atoms with Crippen molar-refractivity contribution in [1.82, 2.24) is 4.90 Å². The lowest BCUT2D eigenvalue weighted by atomic mass is 10.1. The summed E-state index contributed by atoms with van der Waals surface area (Å²) >= 11 is 1.73. The van der Waals surface area contributed by atoms with E-state index in [9.17, 15) is 9.59 Å². The molecule has 0 spiro atoms. The minimum atomic E-state index is -1.01. The lowest BCUT2D eigenvalue weighted by Gasteiger charge is -2.35. The molecule has 1 saturated heterocycles. The third-order valence-electron chi connectivity index (χ3n) is 4.29. The first kappa shape index (κ1) is 16.9. The first-order valence-electron chi connectivity index (χ1n) is 8.15. The molecule has 1 aliphatic rings. The van der Waals surface area contributed by atoms with Gasteiger partial charge in [-0.3, -0.25) is 4.79 Å². The van der Waals surface area contributed by atoms with Crippen LogP contribution in [-0.4, -0.2) is 47.2 Å². The van der Waals surface area contributed by atoms with Crippen molar-refractivity contribution < 1.29 is 19.4 Å². The molecule has 6 heteroatoms. The molecule has 2 heterocycles. The van der Waals surface area contributed by atoms with Crippen LogP contribution in [-0.2, 0) is 20.7 Å². The van der Waals surface area contributed by atoms with Crippen molar-refractivity contribution >= 4 is 33.3 Å². The molecule has 3 rings (SSSR count). The van der Waals surface area contributed by atoms with Gasteiger partial charge in [-0.15, -0.1) is 11.3 Å². The van der Waals surface area contributed by atoms with E-state index in [2.05, 4.69) is 17.5 Å². The van der Waals surface area contributed by atoms with E-state index >= 15 is 0 Å². The molecule has 1 aromatic carbocycles. The van der Waals surface area contributed by atoms with E-state index in [1.165, 1.54) is 15.6 Å². The van der Waals surface area contributed by atoms with Gasteiger partial charge in [0.25, 0.3) is 0 Å². The van der Waals surface area contributed by atoms with Gasteiger partial charge in [-0.1, -0.05) is 18.2 Å². The van der Waals surface area contributed by atoms with E-state index < -0.39 is 12.1 Å². The van der Waals surface area contributed by atoms with Crippen LogP contribution < -0.4 is 0 Å². The van der Waals surface area contributed by atoms with E-state index in [0.717, 1.165) is 12.8 Å². The molecule has 1 amide bonds. The second-order valence-corrected chi connectivity index (χ2v) is 7.09. The van der Waals surface area contributed by atoms with Crippen LogP contribution in [0.4, 0.5) is 0 Å². The molecule has 2 atom stereocenters. The second-order valence-electron chi connectivity index (χ2n) is 6.18. The minimum absolute atomic E-state index is 0.0101. The summed E-state index contributed by atoms with van der Waals surface area (Å²) in [5.74, 6) is -1.000. The molecule has 1 unspecified atom stereocenters. The first-order valence-corrected chi connectivity index (χ1v) is 9.03. The number of rotatable bonds is 5. The van der Waals surface area contributed by atoms with Gasteiger partial charge in [-0.05, 0) is 42.2 Å². The number of carbonyl (C=O) groups excluding carboxylic acids is 1. The Morgan fingerprint density at radius 1 is 1.33 bits per heavy atom. The maximum absolute atomic E-state index is 12.4. The first-order chi connectivity index (χ1) is 11.5. The van der Waals surface area contributed by atoms with Gasteiger partial charge < -0.3 is 14.7 Å². The Morgan fingerprint density at radius 2 is 2.12 bits per heavy atom. The Balaban J connectivity index is 1.54. The molecule has 0 aliphatic carbocycles. The third-order valence-corrected chi connectivity index (χ3v) is 5.30. The van der Waals surface area contributed by atoms with Crippen LogP contribution >= 0.6 is 11.3 Å². The van der Waals surface area contributed by atoms with Crippen molar-refractivity contribution in [3.8, 4) is 0 Å². The van der Waals surface area contributed by atoms with Crippen molar-refractivity contribution in [1.29, 1.82) is 0 Å². The number of nitrogens with zero attached hydrogens (tertiary/aromatic N) is 1. The molecule has 1 aromatic heterocycles. The average molecular weight is 347 g/mol. The van der Waals surface area contributed by atoms with Gasteiger partial charge in [0.1, 0.15) is 0 Å². The van der Waals surface area contributed by atoms with E-state index in [-0.39, 0.29) is 18.6 Å². The number of thiophene rings is 1. The Morgan fingerprint density at radius 3 is 2.92 bits per heavy atom. The number of carbonyl (C=O) groups is 2. The standard InChI is InChI=1S/C18H21NO4S/c1-12-9-19(10-15(23-12)18(21)22)17(20)8-4-5-13-11-24-16-7-3-2-6-14(13)16/h2-3,6-7,11-12,15H,4-5,8-10H2,1H3,(H,21,22)/t12-,15?/m1/s1. The minimum Gasteiger partial charge on any atom is -0.479 e. The Bertz CT molecular complexity index is 741. The van der Waals surface area contributed by atoms with Crippen LogP contribution in [0.1, 0.15) is 25.3 Å². The van der Waals surface area contributed by atoms with Crippen molar-refractivity contribution in [2.24, 2.45) is 0 Å². The SMILES string of the molecule is C[C@@H]1CN(C(=O)CCCc2csc3ccccc23)CC(C(=O)O)O1.